The summed E-state index contributed by atoms with van der Waals surface area (Å²) in [4.78, 5) is 6.90. The molecule has 1 aliphatic heterocycles. The van der Waals surface area contributed by atoms with Crippen LogP contribution in [0, 0.1) is 0 Å². The minimum atomic E-state index is 0.0714. The molecular weight excluding hydrogens is 236 g/mol. The lowest BCUT2D eigenvalue weighted by atomic mass is 9.88. The van der Waals surface area contributed by atoms with Crippen LogP contribution in [0.4, 0.5) is 0 Å². The summed E-state index contributed by atoms with van der Waals surface area (Å²) in [7, 11) is 2.21. The van der Waals surface area contributed by atoms with E-state index in [1.807, 2.05) is 12.3 Å². The lowest BCUT2D eigenvalue weighted by molar-refractivity contribution is 0.193. The average molecular weight is 262 g/mol. The molecule has 1 unspecified atom stereocenters. The second-order valence-corrected chi connectivity index (χ2v) is 6.07. The van der Waals surface area contributed by atoms with E-state index in [2.05, 4.69) is 53.5 Å². The van der Waals surface area contributed by atoms with E-state index in [4.69, 9.17) is 0 Å². The van der Waals surface area contributed by atoms with Crippen molar-refractivity contribution in [1.29, 1.82) is 0 Å². The van der Waals surface area contributed by atoms with Crippen molar-refractivity contribution in [2.45, 2.75) is 25.3 Å². The van der Waals surface area contributed by atoms with Gasteiger partial charge in [-0.05, 0) is 19.2 Å². The molecule has 2 N–H and O–H groups in total. The zero-order chi connectivity index (χ0) is 13.7. The summed E-state index contributed by atoms with van der Waals surface area (Å²) >= 11 is 0. The van der Waals surface area contributed by atoms with Crippen LogP contribution in [0.15, 0.2) is 24.4 Å². The van der Waals surface area contributed by atoms with Crippen molar-refractivity contribution < 1.29 is 0 Å². The Labute approximate surface area is 116 Å². The Morgan fingerprint density at radius 2 is 2.32 bits per heavy atom. The highest BCUT2D eigenvalue weighted by atomic mass is 15.2. The molecule has 0 bridgehead atoms. The van der Waals surface area contributed by atoms with E-state index in [1.165, 1.54) is 0 Å². The van der Waals surface area contributed by atoms with Gasteiger partial charge in [0.15, 0.2) is 0 Å². The third-order valence-corrected chi connectivity index (χ3v) is 3.95. The van der Waals surface area contributed by atoms with Crippen LogP contribution < -0.4 is 10.6 Å². The van der Waals surface area contributed by atoms with Crippen molar-refractivity contribution in [2.24, 2.45) is 0 Å². The standard InChI is InChI=1S/C15H26N4/c1-15(2,14-6-4-5-7-18-14)12-17-11-13-10-16-8-9-19(13)3/h4-7,13,16-17H,8-12H2,1-3H3. The van der Waals surface area contributed by atoms with E-state index >= 15 is 0 Å². The fraction of sp³-hybridized carbons (Fsp3) is 0.667. The van der Waals surface area contributed by atoms with Gasteiger partial charge in [-0.3, -0.25) is 9.88 Å². The van der Waals surface area contributed by atoms with Crippen LogP contribution in [-0.2, 0) is 5.41 Å². The molecule has 1 aromatic heterocycles. The Kier molecular flexibility index (Phi) is 4.91. The summed E-state index contributed by atoms with van der Waals surface area (Å²) in [5.41, 5.74) is 1.22. The molecule has 4 heteroatoms. The zero-order valence-electron chi connectivity index (χ0n) is 12.3. The maximum absolute atomic E-state index is 4.47. The van der Waals surface area contributed by atoms with E-state index in [-0.39, 0.29) is 5.41 Å². The smallest absolute Gasteiger partial charge is 0.0472 e. The second-order valence-electron chi connectivity index (χ2n) is 6.07. The van der Waals surface area contributed by atoms with Crippen molar-refractivity contribution in [3.05, 3.63) is 30.1 Å². The summed E-state index contributed by atoms with van der Waals surface area (Å²) in [6.07, 6.45) is 1.87. The van der Waals surface area contributed by atoms with E-state index in [1.54, 1.807) is 0 Å². The highest BCUT2D eigenvalue weighted by Crippen LogP contribution is 2.19. The minimum Gasteiger partial charge on any atom is -0.314 e. The Balaban J connectivity index is 1.81. The highest BCUT2D eigenvalue weighted by molar-refractivity contribution is 5.14. The molecule has 0 aromatic carbocycles. The van der Waals surface area contributed by atoms with Crippen LogP contribution in [0.1, 0.15) is 19.5 Å². The van der Waals surface area contributed by atoms with Gasteiger partial charge in [0.2, 0.25) is 0 Å². The van der Waals surface area contributed by atoms with Crippen molar-refractivity contribution in [2.75, 3.05) is 39.8 Å². The molecule has 1 saturated heterocycles. The monoisotopic (exact) mass is 262 g/mol. The van der Waals surface area contributed by atoms with Gasteiger partial charge in [-0.25, -0.2) is 0 Å². The van der Waals surface area contributed by atoms with Gasteiger partial charge in [-0.2, -0.15) is 0 Å². The van der Waals surface area contributed by atoms with Gasteiger partial charge in [0.1, 0.15) is 0 Å². The maximum atomic E-state index is 4.47. The van der Waals surface area contributed by atoms with E-state index in [0.29, 0.717) is 6.04 Å². The average Bonchev–Trinajstić information content (AvgIpc) is 2.42. The topological polar surface area (TPSA) is 40.2 Å². The number of nitrogens with one attached hydrogen (secondary N) is 2. The molecule has 2 heterocycles. The first-order valence-electron chi connectivity index (χ1n) is 7.13. The number of hydrogen-bond acceptors (Lipinski definition) is 4. The predicted octanol–water partition coefficient (Wildman–Crippen LogP) is 0.852. The lowest BCUT2D eigenvalue weighted by Gasteiger charge is -2.34. The van der Waals surface area contributed by atoms with Crippen LogP contribution in [0.3, 0.4) is 0 Å². The van der Waals surface area contributed by atoms with E-state index in [0.717, 1.165) is 38.4 Å². The molecule has 2 rings (SSSR count). The van der Waals surface area contributed by atoms with Crippen LogP contribution in [-0.4, -0.2) is 55.7 Å². The van der Waals surface area contributed by atoms with Crippen LogP contribution >= 0.6 is 0 Å². The second kappa shape index (κ2) is 6.46. The van der Waals surface area contributed by atoms with Crippen LogP contribution in [0.2, 0.25) is 0 Å². The maximum Gasteiger partial charge on any atom is 0.0472 e. The number of nitrogens with zero attached hydrogens (tertiary/aromatic N) is 2. The largest absolute Gasteiger partial charge is 0.314 e. The molecule has 1 aliphatic rings. The molecule has 106 valence electrons. The van der Waals surface area contributed by atoms with Crippen LogP contribution in [0.5, 0.6) is 0 Å². The van der Waals surface area contributed by atoms with Gasteiger partial charge in [0.05, 0.1) is 0 Å². The van der Waals surface area contributed by atoms with E-state index < -0.39 is 0 Å². The van der Waals surface area contributed by atoms with Crippen molar-refractivity contribution in [3.8, 4) is 0 Å². The van der Waals surface area contributed by atoms with Gasteiger partial charge in [0.25, 0.3) is 0 Å². The molecule has 1 atom stereocenters. The first-order chi connectivity index (χ1) is 9.09. The molecule has 4 nitrogen and oxygen atoms in total. The fourth-order valence-corrected chi connectivity index (χ4v) is 2.50. The minimum absolute atomic E-state index is 0.0714. The molecule has 1 fully saturated rings. The number of hydrogen-bond donors (Lipinski definition) is 2. The number of aromatic nitrogens is 1. The Hall–Kier alpha value is -0.970. The van der Waals surface area contributed by atoms with Crippen molar-refractivity contribution in [3.63, 3.8) is 0 Å². The molecule has 0 amide bonds. The molecule has 0 aliphatic carbocycles. The number of likely N-dealkylation sites (N-methyl/N-ethyl adjacent to an activating group) is 1. The summed E-state index contributed by atoms with van der Waals surface area (Å²) in [6, 6.07) is 6.72. The van der Waals surface area contributed by atoms with Gasteiger partial charge < -0.3 is 10.6 Å². The summed E-state index contributed by atoms with van der Waals surface area (Å²) in [5.74, 6) is 0. The lowest BCUT2D eigenvalue weighted by Crippen LogP contribution is -2.54. The first-order valence-corrected chi connectivity index (χ1v) is 7.13. The third kappa shape index (κ3) is 4.00. The molecule has 0 radical (unpaired) electrons. The Bertz CT molecular complexity index is 377. The predicted molar refractivity (Wildman–Crippen MR) is 79.4 cm³/mol. The number of pyridine rings is 1. The zero-order valence-corrected chi connectivity index (χ0v) is 12.3. The first kappa shape index (κ1) is 14.4. The molecule has 0 saturated carbocycles. The molecule has 0 spiro atoms. The molecular formula is C15H26N4. The van der Waals surface area contributed by atoms with Crippen molar-refractivity contribution in [1.82, 2.24) is 20.5 Å². The van der Waals surface area contributed by atoms with Crippen molar-refractivity contribution >= 4 is 0 Å². The molecule has 1 aromatic rings. The van der Waals surface area contributed by atoms with Gasteiger partial charge >= 0.3 is 0 Å². The Morgan fingerprint density at radius 1 is 1.47 bits per heavy atom. The normalized spacial score (nSPS) is 21.5. The summed E-state index contributed by atoms with van der Waals surface area (Å²) in [5, 5.41) is 7.05. The quantitative estimate of drug-likeness (QED) is 0.825. The van der Waals surface area contributed by atoms with E-state index in [9.17, 15) is 0 Å². The SMILES string of the molecule is CN1CCNCC1CNCC(C)(C)c1ccccn1. The van der Waals surface area contributed by atoms with Gasteiger partial charge in [0, 0.05) is 56.1 Å². The highest BCUT2D eigenvalue weighted by Gasteiger charge is 2.23. The molecule has 19 heavy (non-hydrogen) atoms. The summed E-state index contributed by atoms with van der Waals surface area (Å²) in [6.45, 7) is 9.78. The Morgan fingerprint density at radius 3 is 3.00 bits per heavy atom. The van der Waals surface area contributed by atoms with Gasteiger partial charge in [-0.15, -0.1) is 0 Å². The number of rotatable bonds is 5. The number of piperazine rings is 1. The van der Waals surface area contributed by atoms with Crippen LogP contribution in [0.25, 0.3) is 0 Å². The summed E-state index contributed by atoms with van der Waals surface area (Å²) < 4.78 is 0. The fourth-order valence-electron chi connectivity index (χ4n) is 2.50. The van der Waals surface area contributed by atoms with Gasteiger partial charge in [-0.1, -0.05) is 19.9 Å². The third-order valence-electron chi connectivity index (χ3n) is 3.95.